The zero-order chi connectivity index (χ0) is 12.4. The van der Waals surface area contributed by atoms with Crippen LogP contribution in [0.25, 0.3) is 0 Å². The van der Waals surface area contributed by atoms with Crippen molar-refractivity contribution in [2.24, 2.45) is 5.73 Å². The molecule has 0 unspecified atom stereocenters. The van der Waals surface area contributed by atoms with Crippen molar-refractivity contribution >= 4 is 23.1 Å². The van der Waals surface area contributed by atoms with E-state index in [1.54, 1.807) is 6.07 Å². The molecular formula is C13H16N2OS. The van der Waals surface area contributed by atoms with Crippen molar-refractivity contribution in [3.8, 4) is 0 Å². The standard InChI is InChI=1S/C13H16N2OS/c1-9-4-5-10(8-11(9)12(14)17)13(16)15-6-2-3-7-15/h4-5,8H,2-3,6-7H2,1H3,(H2,14,17). The number of thiocarbonyl (C=S) groups is 1. The molecule has 2 N–H and O–H groups in total. The number of rotatable bonds is 2. The molecule has 1 fully saturated rings. The van der Waals surface area contributed by atoms with E-state index in [0.717, 1.165) is 37.1 Å². The summed E-state index contributed by atoms with van der Waals surface area (Å²) < 4.78 is 0. The lowest BCUT2D eigenvalue weighted by Crippen LogP contribution is -2.28. The van der Waals surface area contributed by atoms with Gasteiger partial charge in [0.15, 0.2) is 0 Å². The summed E-state index contributed by atoms with van der Waals surface area (Å²) in [4.78, 5) is 14.4. The van der Waals surface area contributed by atoms with Gasteiger partial charge >= 0.3 is 0 Å². The summed E-state index contributed by atoms with van der Waals surface area (Å²) in [5, 5.41) is 0. The fraction of sp³-hybridized carbons (Fsp3) is 0.385. The fourth-order valence-corrected chi connectivity index (χ4v) is 2.34. The van der Waals surface area contributed by atoms with Gasteiger partial charge < -0.3 is 10.6 Å². The minimum atomic E-state index is 0.0833. The minimum absolute atomic E-state index is 0.0833. The highest BCUT2D eigenvalue weighted by molar-refractivity contribution is 7.80. The van der Waals surface area contributed by atoms with Crippen molar-refractivity contribution in [1.82, 2.24) is 4.90 Å². The molecule has 4 heteroatoms. The van der Waals surface area contributed by atoms with Gasteiger partial charge in [-0.15, -0.1) is 0 Å². The van der Waals surface area contributed by atoms with Gasteiger partial charge in [-0.05, 0) is 37.5 Å². The molecule has 0 bridgehead atoms. The molecule has 0 saturated carbocycles. The Kier molecular flexibility index (Phi) is 3.43. The SMILES string of the molecule is Cc1ccc(C(=O)N2CCCC2)cc1C(N)=S. The Balaban J connectivity index is 2.29. The van der Waals surface area contributed by atoms with E-state index >= 15 is 0 Å². The first kappa shape index (κ1) is 12.0. The molecule has 1 aromatic carbocycles. The molecule has 1 aliphatic rings. The van der Waals surface area contributed by atoms with Gasteiger partial charge in [0.2, 0.25) is 0 Å². The number of amides is 1. The Morgan fingerprint density at radius 1 is 1.35 bits per heavy atom. The van der Waals surface area contributed by atoms with Crippen LogP contribution in [0, 0.1) is 6.92 Å². The van der Waals surface area contributed by atoms with Crippen LogP contribution in [0.2, 0.25) is 0 Å². The highest BCUT2D eigenvalue weighted by atomic mass is 32.1. The van der Waals surface area contributed by atoms with Crippen LogP contribution in [0.5, 0.6) is 0 Å². The molecule has 0 spiro atoms. The topological polar surface area (TPSA) is 46.3 Å². The van der Waals surface area contributed by atoms with Gasteiger partial charge in [0.05, 0.1) is 0 Å². The molecule has 0 aromatic heterocycles. The first-order chi connectivity index (χ1) is 8.09. The van der Waals surface area contributed by atoms with Gasteiger partial charge in [-0.1, -0.05) is 18.3 Å². The number of benzene rings is 1. The third-order valence-corrected chi connectivity index (χ3v) is 3.36. The first-order valence-electron chi connectivity index (χ1n) is 5.79. The van der Waals surface area contributed by atoms with Crippen LogP contribution in [0.15, 0.2) is 18.2 Å². The van der Waals surface area contributed by atoms with Crippen molar-refractivity contribution in [1.29, 1.82) is 0 Å². The van der Waals surface area contributed by atoms with Crippen molar-refractivity contribution < 1.29 is 4.79 Å². The summed E-state index contributed by atoms with van der Waals surface area (Å²) in [6.45, 7) is 3.66. The molecule has 17 heavy (non-hydrogen) atoms. The summed E-state index contributed by atoms with van der Waals surface area (Å²) in [5.74, 6) is 0.0833. The third kappa shape index (κ3) is 2.47. The van der Waals surface area contributed by atoms with Gasteiger partial charge in [-0.25, -0.2) is 0 Å². The van der Waals surface area contributed by atoms with E-state index < -0.39 is 0 Å². The molecule has 0 radical (unpaired) electrons. The Bertz CT molecular complexity index is 464. The molecule has 0 atom stereocenters. The second-order valence-electron chi connectivity index (χ2n) is 4.39. The molecule has 1 amide bonds. The number of hydrogen-bond donors (Lipinski definition) is 1. The molecule has 2 rings (SSSR count). The number of nitrogens with two attached hydrogens (primary N) is 1. The zero-order valence-electron chi connectivity index (χ0n) is 9.90. The Labute approximate surface area is 107 Å². The normalized spacial score (nSPS) is 15.0. The Morgan fingerprint density at radius 2 is 2.00 bits per heavy atom. The minimum Gasteiger partial charge on any atom is -0.389 e. The average molecular weight is 248 g/mol. The number of carbonyl (C=O) groups is 1. The second kappa shape index (κ2) is 4.84. The van der Waals surface area contributed by atoms with Crippen molar-refractivity contribution in [3.63, 3.8) is 0 Å². The third-order valence-electron chi connectivity index (χ3n) is 3.14. The summed E-state index contributed by atoms with van der Waals surface area (Å²) in [5.41, 5.74) is 8.13. The molecule has 3 nitrogen and oxygen atoms in total. The highest BCUT2D eigenvalue weighted by Crippen LogP contribution is 2.16. The van der Waals surface area contributed by atoms with Gasteiger partial charge in [0.25, 0.3) is 5.91 Å². The fourth-order valence-electron chi connectivity index (χ4n) is 2.12. The number of hydrogen-bond acceptors (Lipinski definition) is 2. The summed E-state index contributed by atoms with van der Waals surface area (Å²) >= 11 is 4.98. The maximum Gasteiger partial charge on any atom is 0.253 e. The Morgan fingerprint density at radius 3 is 2.59 bits per heavy atom. The number of carbonyl (C=O) groups excluding carboxylic acids is 1. The number of likely N-dealkylation sites (tertiary alicyclic amines) is 1. The van der Waals surface area contributed by atoms with E-state index in [1.807, 2.05) is 24.0 Å². The molecule has 1 saturated heterocycles. The zero-order valence-corrected chi connectivity index (χ0v) is 10.7. The van der Waals surface area contributed by atoms with E-state index in [-0.39, 0.29) is 5.91 Å². The maximum atomic E-state index is 12.2. The number of nitrogens with zero attached hydrogens (tertiary/aromatic N) is 1. The molecule has 90 valence electrons. The van der Waals surface area contributed by atoms with Crippen molar-refractivity contribution in [2.75, 3.05) is 13.1 Å². The van der Waals surface area contributed by atoms with E-state index in [4.69, 9.17) is 18.0 Å². The second-order valence-corrected chi connectivity index (χ2v) is 4.83. The summed E-state index contributed by atoms with van der Waals surface area (Å²) in [6.07, 6.45) is 2.19. The monoisotopic (exact) mass is 248 g/mol. The van der Waals surface area contributed by atoms with Gasteiger partial charge in [-0.3, -0.25) is 4.79 Å². The summed E-state index contributed by atoms with van der Waals surface area (Å²) in [7, 11) is 0. The van der Waals surface area contributed by atoms with E-state index in [9.17, 15) is 4.79 Å². The highest BCUT2D eigenvalue weighted by Gasteiger charge is 2.20. The number of aryl methyl sites for hydroxylation is 1. The van der Waals surface area contributed by atoms with Crippen LogP contribution in [-0.2, 0) is 0 Å². The molecule has 1 aromatic rings. The lowest BCUT2D eigenvalue weighted by atomic mass is 10.0. The van der Waals surface area contributed by atoms with Crippen LogP contribution in [-0.4, -0.2) is 28.9 Å². The molecule has 1 heterocycles. The average Bonchev–Trinajstić information content (AvgIpc) is 2.81. The maximum absolute atomic E-state index is 12.2. The molecular weight excluding hydrogens is 232 g/mol. The first-order valence-corrected chi connectivity index (χ1v) is 6.20. The predicted molar refractivity (Wildman–Crippen MR) is 72.2 cm³/mol. The molecule has 0 aliphatic carbocycles. The van der Waals surface area contributed by atoms with Crippen LogP contribution in [0.4, 0.5) is 0 Å². The van der Waals surface area contributed by atoms with Gasteiger partial charge in [0, 0.05) is 24.2 Å². The van der Waals surface area contributed by atoms with Crippen molar-refractivity contribution in [2.45, 2.75) is 19.8 Å². The molecule has 1 aliphatic heterocycles. The predicted octanol–water partition coefficient (Wildman–Crippen LogP) is 1.87. The van der Waals surface area contributed by atoms with Crippen LogP contribution in [0.1, 0.15) is 34.3 Å². The smallest absolute Gasteiger partial charge is 0.253 e. The van der Waals surface area contributed by atoms with Crippen molar-refractivity contribution in [3.05, 3.63) is 34.9 Å². The van der Waals surface area contributed by atoms with Gasteiger partial charge in [0.1, 0.15) is 4.99 Å². The summed E-state index contributed by atoms with van der Waals surface area (Å²) in [6, 6.07) is 5.55. The van der Waals surface area contributed by atoms with Crippen LogP contribution >= 0.6 is 12.2 Å². The lowest BCUT2D eigenvalue weighted by molar-refractivity contribution is 0.0793. The van der Waals surface area contributed by atoms with Crippen LogP contribution in [0.3, 0.4) is 0 Å². The largest absolute Gasteiger partial charge is 0.389 e. The quantitative estimate of drug-likeness (QED) is 0.813. The Hall–Kier alpha value is -1.42. The van der Waals surface area contributed by atoms with Gasteiger partial charge in [-0.2, -0.15) is 0 Å². The van der Waals surface area contributed by atoms with Crippen LogP contribution < -0.4 is 5.73 Å². The van der Waals surface area contributed by atoms with E-state index in [1.165, 1.54) is 0 Å². The van der Waals surface area contributed by atoms with E-state index in [2.05, 4.69) is 0 Å². The van der Waals surface area contributed by atoms with E-state index in [0.29, 0.717) is 10.6 Å². The lowest BCUT2D eigenvalue weighted by Gasteiger charge is -2.16.